The Bertz CT molecular complexity index is 1660. The van der Waals surface area contributed by atoms with Gasteiger partial charge < -0.3 is 34.5 Å². The quantitative estimate of drug-likeness (QED) is 0.269. The Balaban J connectivity index is 1.17. The Morgan fingerprint density at radius 2 is 1.88 bits per heavy atom. The van der Waals surface area contributed by atoms with Crippen molar-refractivity contribution in [1.82, 2.24) is 9.88 Å². The number of hydrogen-bond acceptors (Lipinski definition) is 10. The van der Waals surface area contributed by atoms with Gasteiger partial charge in [-0.3, -0.25) is 14.7 Å². The van der Waals surface area contributed by atoms with Gasteiger partial charge in [0.05, 0.1) is 29.6 Å². The van der Waals surface area contributed by atoms with Crippen molar-refractivity contribution < 1.29 is 38.7 Å². The fourth-order valence-corrected chi connectivity index (χ4v) is 12.2. The van der Waals surface area contributed by atoms with Crippen LogP contribution in [0.5, 0.6) is 0 Å². The van der Waals surface area contributed by atoms with Crippen molar-refractivity contribution in [2.75, 3.05) is 39.7 Å². The number of pyridine rings is 1. The van der Waals surface area contributed by atoms with Crippen LogP contribution in [0.4, 0.5) is 5.69 Å². The summed E-state index contributed by atoms with van der Waals surface area (Å²) in [7, 11) is 5.05. The number of benzene rings is 1. The molecule has 262 valence electrons. The minimum absolute atomic E-state index is 0.0695. The lowest BCUT2D eigenvalue weighted by atomic mass is 9.44. The number of nitrogens with one attached hydrogen (secondary N) is 1. The molecule has 11 heteroatoms. The molecule has 1 amide bonds. The third kappa shape index (κ3) is 4.26. The topological polar surface area (TPSA) is 140 Å². The van der Waals surface area contributed by atoms with Crippen molar-refractivity contribution in [3.63, 3.8) is 0 Å². The Morgan fingerprint density at radius 1 is 1.06 bits per heavy atom. The van der Waals surface area contributed by atoms with Gasteiger partial charge in [-0.1, -0.05) is 25.1 Å². The highest BCUT2D eigenvalue weighted by atomic mass is 16.6. The number of rotatable bonds is 9. The number of amides is 1. The van der Waals surface area contributed by atoms with Gasteiger partial charge >= 0.3 is 5.97 Å². The largest absolute Gasteiger partial charge is 0.454 e. The highest BCUT2D eigenvalue weighted by Crippen LogP contribution is 2.79. The SMILES string of the molecule is CCN1C[C@]2(OC(=O)c3ccccc3NC(=O)/C=C/c3cccnc3)CC[C@H](OC)[C@]34C1[C@@H](C[C@H]23)[C@@]1(O)C[C@H](OC)[C@H]2C[C@@H]4[C@]1(O)C2OC. The number of hydrogen-bond donors (Lipinski definition) is 3. The molecule has 0 radical (unpaired) electrons. The summed E-state index contributed by atoms with van der Waals surface area (Å²) in [4.78, 5) is 33.8. The molecule has 49 heavy (non-hydrogen) atoms. The first-order valence-electron chi connectivity index (χ1n) is 17.6. The molecule has 1 aliphatic heterocycles. The van der Waals surface area contributed by atoms with Crippen LogP contribution < -0.4 is 5.32 Å². The summed E-state index contributed by atoms with van der Waals surface area (Å²) in [5.74, 6) is -1.80. The van der Waals surface area contributed by atoms with Crippen LogP contribution in [-0.2, 0) is 23.7 Å². The first-order valence-corrected chi connectivity index (χ1v) is 17.6. The molecule has 5 aliphatic carbocycles. The lowest BCUT2D eigenvalue weighted by Crippen LogP contribution is -2.83. The molecular formula is C38H47N3O8. The molecule has 1 saturated heterocycles. The highest BCUT2D eigenvalue weighted by molar-refractivity contribution is 6.06. The Kier molecular flexibility index (Phi) is 7.86. The molecule has 1 spiro atoms. The number of carbonyl (C=O) groups is 2. The number of methoxy groups -OCH3 is 3. The molecular weight excluding hydrogens is 626 g/mol. The molecule has 1 aromatic heterocycles. The average molecular weight is 674 g/mol. The number of carbonyl (C=O) groups excluding carboxylic acids is 2. The minimum Gasteiger partial charge on any atom is -0.454 e. The summed E-state index contributed by atoms with van der Waals surface area (Å²) in [6, 6.07) is 10.5. The molecule has 1 aromatic carbocycles. The first-order chi connectivity index (χ1) is 23.6. The zero-order valence-corrected chi connectivity index (χ0v) is 28.6. The molecule has 7 bridgehead atoms. The Hall–Kier alpha value is -3.19. The van der Waals surface area contributed by atoms with Crippen molar-refractivity contribution in [3.8, 4) is 0 Å². The second-order valence-corrected chi connectivity index (χ2v) is 15.1. The van der Waals surface area contributed by atoms with Crippen LogP contribution in [0, 0.1) is 29.1 Å². The third-order valence-corrected chi connectivity index (χ3v) is 13.7. The molecule has 2 heterocycles. The maximum absolute atomic E-state index is 14.4. The van der Waals surface area contributed by atoms with Crippen molar-refractivity contribution in [3.05, 3.63) is 66.0 Å². The van der Waals surface area contributed by atoms with Crippen molar-refractivity contribution >= 4 is 23.6 Å². The van der Waals surface area contributed by atoms with Gasteiger partial charge in [0.1, 0.15) is 16.8 Å². The van der Waals surface area contributed by atoms with E-state index in [0.717, 1.165) is 5.56 Å². The Morgan fingerprint density at radius 3 is 2.59 bits per heavy atom. The van der Waals surface area contributed by atoms with Crippen molar-refractivity contribution in [2.24, 2.45) is 29.1 Å². The fourth-order valence-electron chi connectivity index (χ4n) is 12.2. The van der Waals surface area contributed by atoms with Crippen LogP contribution in [0.2, 0.25) is 0 Å². The number of aliphatic hydroxyl groups is 2. The standard InChI is InChI=1S/C38H47N3O8/c1-5-41-21-35(49-34(43)23-10-6-7-11-26(23)40-31(42)13-12-22-9-8-16-39-20-22)15-14-30(47-3)37-28(35)18-25(32(37)41)36(44)19-27(46-2)24-17-29(37)38(36,45)33(24)48-4/h6-13,16,20,24-25,27-30,32-33,44-45H,5,14-15,17-19,21H2,1-4H3,(H,40,42)/b13-12+/t24-,25-,27+,28-,29+,30+,32?,33?,35-,36+,37+,38+/m1/s1. The van der Waals surface area contributed by atoms with Crippen LogP contribution in [-0.4, -0.2) is 108 Å². The third-order valence-electron chi connectivity index (χ3n) is 13.7. The van der Waals surface area contributed by atoms with Crippen LogP contribution in [0.15, 0.2) is 54.9 Å². The van der Waals surface area contributed by atoms with Gasteiger partial charge in [0.15, 0.2) is 0 Å². The summed E-state index contributed by atoms with van der Waals surface area (Å²) in [5.41, 5.74) is -3.02. The van der Waals surface area contributed by atoms with Crippen molar-refractivity contribution in [2.45, 2.75) is 80.2 Å². The van der Waals surface area contributed by atoms with E-state index in [-0.39, 0.29) is 53.4 Å². The van der Waals surface area contributed by atoms with E-state index < -0.39 is 34.3 Å². The number of anilines is 1. The van der Waals surface area contributed by atoms with Gasteiger partial charge in [0.25, 0.3) is 0 Å². The monoisotopic (exact) mass is 673 g/mol. The summed E-state index contributed by atoms with van der Waals surface area (Å²) >= 11 is 0. The number of nitrogens with zero attached hydrogens (tertiary/aromatic N) is 2. The molecule has 6 fully saturated rings. The maximum atomic E-state index is 14.4. The molecule has 2 aromatic rings. The Labute approximate surface area is 287 Å². The fraction of sp³-hybridized carbons (Fsp3) is 0.605. The molecule has 6 aliphatic rings. The predicted molar refractivity (Wildman–Crippen MR) is 179 cm³/mol. The second-order valence-electron chi connectivity index (χ2n) is 15.1. The average Bonchev–Trinajstić information content (AvgIpc) is 3.54. The lowest BCUT2D eigenvalue weighted by molar-refractivity contribution is -0.337. The summed E-state index contributed by atoms with van der Waals surface area (Å²) in [6.45, 7) is 3.32. The van der Waals surface area contributed by atoms with E-state index in [0.29, 0.717) is 50.9 Å². The number of esters is 1. The zero-order chi connectivity index (χ0) is 34.3. The van der Waals surface area contributed by atoms with Gasteiger partial charge in [0, 0.05) is 87.9 Å². The van der Waals surface area contributed by atoms with Gasteiger partial charge in [-0.2, -0.15) is 0 Å². The number of piperidine rings is 1. The lowest BCUT2D eigenvalue weighted by Gasteiger charge is -2.70. The number of likely N-dealkylation sites (tertiary alicyclic amines) is 1. The van der Waals surface area contributed by atoms with Crippen LogP contribution in [0.25, 0.3) is 6.08 Å². The van der Waals surface area contributed by atoms with E-state index in [9.17, 15) is 19.8 Å². The number of ether oxygens (including phenoxy) is 4. The van der Waals surface area contributed by atoms with Gasteiger partial charge in [-0.25, -0.2) is 4.79 Å². The highest BCUT2D eigenvalue weighted by Gasteiger charge is 2.89. The van der Waals surface area contributed by atoms with Gasteiger partial charge in [0.2, 0.25) is 5.91 Å². The second kappa shape index (κ2) is 11.7. The van der Waals surface area contributed by atoms with Gasteiger partial charge in [-0.05, 0) is 62.1 Å². The number of para-hydroxylation sites is 1. The number of aromatic nitrogens is 1. The molecule has 5 saturated carbocycles. The summed E-state index contributed by atoms with van der Waals surface area (Å²) in [5, 5.41) is 28.8. The van der Waals surface area contributed by atoms with E-state index in [4.69, 9.17) is 18.9 Å². The van der Waals surface area contributed by atoms with E-state index >= 15 is 0 Å². The summed E-state index contributed by atoms with van der Waals surface area (Å²) in [6.07, 6.45) is 8.14. The van der Waals surface area contributed by atoms with Crippen molar-refractivity contribution in [1.29, 1.82) is 0 Å². The smallest absolute Gasteiger partial charge is 0.340 e. The molecule has 2 unspecified atom stereocenters. The van der Waals surface area contributed by atoms with Gasteiger partial charge in [-0.15, -0.1) is 0 Å². The normalized spacial score (nSPS) is 43.1. The van der Waals surface area contributed by atoms with E-state index in [2.05, 4.69) is 22.1 Å². The van der Waals surface area contributed by atoms with Crippen LogP contribution >= 0.6 is 0 Å². The van der Waals surface area contributed by atoms with E-state index in [1.807, 2.05) is 6.07 Å². The summed E-state index contributed by atoms with van der Waals surface area (Å²) < 4.78 is 25.3. The predicted octanol–water partition coefficient (Wildman–Crippen LogP) is 3.31. The molecule has 12 atom stereocenters. The number of likely N-dealkylation sites (N-methyl/N-ethyl adjacent to an activating group) is 1. The minimum atomic E-state index is -1.50. The van der Waals surface area contributed by atoms with E-state index in [1.165, 1.54) is 6.08 Å². The first kappa shape index (κ1) is 33.0. The number of fused-ring (bicyclic) bond motifs is 2. The van der Waals surface area contributed by atoms with E-state index in [1.54, 1.807) is 70.1 Å². The van der Waals surface area contributed by atoms with Crippen LogP contribution in [0.3, 0.4) is 0 Å². The zero-order valence-electron chi connectivity index (χ0n) is 28.6. The maximum Gasteiger partial charge on any atom is 0.340 e. The molecule has 3 N–H and O–H groups in total. The van der Waals surface area contributed by atoms with Crippen LogP contribution in [0.1, 0.15) is 54.9 Å². The molecule has 8 rings (SSSR count). The molecule has 11 nitrogen and oxygen atoms in total.